The predicted octanol–water partition coefficient (Wildman–Crippen LogP) is 3.46. The monoisotopic (exact) mass is 306 g/mol. The molecular weight excluding hydrogens is 280 g/mol. The third kappa shape index (κ3) is 3.16. The lowest BCUT2D eigenvalue weighted by molar-refractivity contribution is -0.141. The van der Waals surface area contributed by atoms with Crippen LogP contribution < -0.4 is 0 Å². The minimum absolute atomic E-state index is 0.0238. The van der Waals surface area contributed by atoms with Crippen LogP contribution in [0.5, 0.6) is 0 Å². The van der Waals surface area contributed by atoms with E-state index in [1.54, 1.807) is 4.88 Å². The highest BCUT2D eigenvalue weighted by atomic mass is 32.1. The van der Waals surface area contributed by atoms with Gasteiger partial charge in [-0.3, -0.25) is 9.69 Å². The van der Waals surface area contributed by atoms with Crippen LogP contribution in [0.2, 0.25) is 0 Å². The Bertz CT molecular complexity index is 493. The number of amides is 1. The molecule has 0 bridgehead atoms. The first kappa shape index (κ1) is 15.0. The van der Waals surface area contributed by atoms with Gasteiger partial charge in [0.1, 0.15) is 0 Å². The van der Waals surface area contributed by atoms with E-state index in [4.69, 9.17) is 0 Å². The second-order valence-electron chi connectivity index (χ2n) is 6.35. The van der Waals surface area contributed by atoms with Crippen molar-refractivity contribution in [1.82, 2.24) is 9.80 Å². The normalized spacial score (nSPS) is 25.0. The maximum Gasteiger partial charge on any atom is 0.239 e. The molecule has 0 aromatic carbocycles. The van der Waals surface area contributed by atoms with E-state index in [2.05, 4.69) is 30.9 Å². The fraction of sp³-hybridized carbons (Fsp3) is 0.706. The van der Waals surface area contributed by atoms with Gasteiger partial charge in [0.2, 0.25) is 5.91 Å². The summed E-state index contributed by atoms with van der Waals surface area (Å²) in [7, 11) is 0. The lowest BCUT2D eigenvalue weighted by Crippen LogP contribution is -2.55. The number of likely N-dealkylation sites (N-methyl/N-ethyl adjacent to an activating group) is 1. The Balaban J connectivity index is 1.62. The molecule has 1 saturated carbocycles. The summed E-state index contributed by atoms with van der Waals surface area (Å²) in [5, 5.41) is 0. The van der Waals surface area contributed by atoms with Gasteiger partial charge in [0.05, 0.1) is 6.04 Å². The SMILES string of the molecule is CCN1CCN(Cc2ccc(C3CCCC3)s2)C(C)C1=O. The van der Waals surface area contributed by atoms with Gasteiger partial charge in [-0.25, -0.2) is 0 Å². The zero-order chi connectivity index (χ0) is 14.8. The van der Waals surface area contributed by atoms with Gasteiger partial charge in [0.15, 0.2) is 0 Å². The van der Waals surface area contributed by atoms with Crippen LogP contribution in [0.15, 0.2) is 12.1 Å². The average Bonchev–Trinajstić information content (AvgIpc) is 3.15. The van der Waals surface area contributed by atoms with Crippen LogP contribution in [0.4, 0.5) is 0 Å². The molecule has 4 heteroatoms. The lowest BCUT2D eigenvalue weighted by atomic mass is 10.1. The van der Waals surface area contributed by atoms with Crippen LogP contribution >= 0.6 is 11.3 Å². The van der Waals surface area contributed by atoms with E-state index >= 15 is 0 Å². The maximum absolute atomic E-state index is 12.3. The van der Waals surface area contributed by atoms with Gasteiger partial charge in [-0.15, -0.1) is 11.3 Å². The van der Waals surface area contributed by atoms with E-state index in [1.807, 2.05) is 16.2 Å². The fourth-order valence-electron chi connectivity index (χ4n) is 3.61. The number of hydrogen-bond donors (Lipinski definition) is 0. The van der Waals surface area contributed by atoms with Gasteiger partial charge in [0.25, 0.3) is 0 Å². The minimum atomic E-state index is 0.0238. The third-order valence-corrected chi connectivity index (χ3v) is 6.29. The molecule has 2 aliphatic rings. The Morgan fingerprint density at radius 2 is 2.00 bits per heavy atom. The highest BCUT2D eigenvalue weighted by Gasteiger charge is 2.30. The molecule has 3 nitrogen and oxygen atoms in total. The zero-order valence-corrected chi connectivity index (χ0v) is 14.0. The third-order valence-electron chi connectivity index (χ3n) is 5.05. The number of piperazine rings is 1. The maximum atomic E-state index is 12.3. The number of hydrogen-bond acceptors (Lipinski definition) is 3. The van der Waals surface area contributed by atoms with Crippen molar-refractivity contribution in [3.05, 3.63) is 21.9 Å². The van der Waals surface area contributed by atoms with Gasteiger partial charge >= 0.3 is 0 Å². The topological polar surface area (TPSA) is 23.6 Å². The summed E-state index contributed by atoms with van der Waals surface area (Å²) in [5.74, 6) is 1.09. The molecule has 1 unspecified atom stereocenters. The lowest BCUT2D eigenvalue weighted by Gasteiger charge is -2.38. The summed E-state index contributed by atoms with van der Waals surface area (Å²) in [5.41, 5.74) is 0. The van der Waals surface area contributed by atoms with Crippen molar-refractivity contribution >= 4 is 17.2 Å². The first-order valence-electron chi connectivity index (χ1n) is 8.30. The van der Waals surface area contributed by atoms with Gasteiger partial charge < -0.3 is 4.90 Å². The second kappa shape index (κ2) is 6.49. The number of carbonyl (C=O) groups is 1. The fourth-order valence-corrected chi connectivity index (χ4v) is 4.82. The second-order valence-corrected chi connectivity index (χ2v) is 7.55. The van der Waals surface area contributed by atoms with Crippen LogP contribution in [0.1, 0.15) is 55.2 Å². The van der Waals surface area contributed by atoms with Gasteiger partial charge in [-0.2, -0.15) is 0 Å². The van der Waals surface area contributed by atoms with Crippen LogP contribution in [-0.4, -0.2) is 41.4 Å². The van der Waals surface area contributed by atoms with E-state index in [9.17, 15) is 4.79 Å². The van der Waals surface area contributed by atoms with Gasteiger partial charge in [0, 0.05) is 35.9 Å². The molecule has 0 spiro atoms. The quantitative estimate of drug-likeness (QED) is 0.850. The number of rotatable bonds is 4. The Kier molecular flexibility index (Phi) is 4.65. The van der Waals surface area contributed by atoms with Crippen molar-refractivity contribution in [2.24, 2.45) is 0 Å². The van der Waals surface area contributed by atoms with Crippen LogP contribution in [0, 0.1) is 0 Å². The van der Waals surface area contributed by atoms with Gasteiger partial charge in [-0.05, 0) is 44.7 Å². The van der Waals surface area contributed by atoms with Crippen molar-refractivity contribution in [3.63, 3.8) is 0 Å². The van der Waals surface area contributed by atoms with Crippen molar-refractivity contribution in [2.45, 2.75) is 58.0 Å². The van der Waals surface area contributed by atoms with Crippen LogP contribution in [0.3, 0.4) is 0 Å². The average molecular weight is 306 g/mol. The highest BCUT2D eigenvalue weighted by Crippen LogP contribution is 2.38. The molecule has 1 amide bonds. The molecule has 1 aliphatic carbocycles. The highest BCUT2D eigenvalue weighted by molar-refractivity contribution is 7.12. The number of nitrogens with zero attached hydrogens (tertiary/aromatic N) is 2. The summed E-state index contributed by atoms with van der Waals surface area (Å²) in [6, 6.07) is 4.63. The minimum Gasteiger partial charge on any atom is -0.340 e. The first-order chi connectivity index (χ1) is 10.2. The van der Waals surface area contributed by atoms with Crippen molar-refractivity contribution < 1.29 is 4.79 Å². The molecule has 1 aliphatic heterocycles. The number of thiophene rings is 1. The Morgan fingerprint density at radius 1 is 1.24 bits per heavy atom. The van der Waals surface area contributed by atoms with E-state index < -0.39 is 0 Å². The number of carbonyl (C=O) groups excluding carboxylic acids is 1. The molecule has 1 saturated heterocycles. The standard InChI is InChI=1S/C17H26N2OS/c1-3-18-10-11-19(13(2)17(18)20)12-15-8-9-16(21-15)14-6-4-5-7-14/h8-9,13-14H,3-7,10-12H2,1-2H3. The van der Waals surface area contributed by atoms with E-state index in [-0.39, 0.29) is 11.9 Å². The Hall–Kier alpha value is -0.870. The van der Waals surface area contributed by atoms with Gasteiger partial charge in [-0.1, -0.05) is 12.8 Å². The smallest absolute Gasteiger partial charge is 0.239 e. The molecule has 1 aromatic heterocycles. The molecule has 0 radical (unpaired) electrons. The summed E-state index contributed by atoms with van der Waals surface area (Å²) in [6.07, 6.45) is 5.51. The van der Waals surface area contributed by atoms with Crippen molar-refractivity contribution in [1.29, 1.82) is 0 Å². The summed E-state index contributed by atoms with van der Waals surface area (Å²) >= 11 is 1.97. The van der Waals surface area contributed by atoms with Crippen LogP contribution in [0.25, 0.3) is 0 Å². The first-order valence-corrected chi connectivity index (χ1v) is 9.12. The van der Waals surface area contributed by atoms with E-state index in [0.29, 0.717) is 0 Å². The van der Waals surface area contributed by atoms with Crippen molar-refractivity contribution in [3.8, 4) is 0 Å². The molecule has 3 rings (SSSR count). The molecule has 21 heavy (non-hydrogen) atoms. The van der Waals surface area contributed by atoms with Crippen molar-refractivity contribution in [2.75, 3.05) is 19.6 Å². The predicted molar refractivity (Wildman–Crippen MR) is 87.7 cm³/mol. The zero-order valence-electron chi connectivity index (χ0n) is 13.2. The van der Waals surface area contributed by atoms with E-state index in [1.165, 1.54) is 30.6 Å². The van der Waals surface area contributed by atoms with E-state index in [0.717, 1.165) is 32.1 Å². The molecule has 1 aromatic rings. The largest absolute Gasteiger partial charge is 0.340 e. The summed E-state index contributed by atoms with van der Waals surface area (Å²) < 4.78 is 0. The Morgan fingerprint density at radius 3 is 2.71 bits per heavy atom. The molecule has 116 valence electrons. The molecule has 0 N–H and O–H groups in total. The molecule has 2 fully saturated rings. The molecule has 1 atom stereocenters. The molecular formula is C17H26N2OS. The van der Waals surface area contributed by atoms with Crippen LogP contribution in [-0.2, 0) is 11.3 Å². The Labute approximate surface area is 131 Å². The summed E-state index contributed by atoms with van der Waals surface area (Å²) in [4.78, 5) is 19.5. The summed E-state index contributed by atoms with van der Waals surface area (Å²) in [6.45, 7) is 7.75. The molecule has 2 heterocycles.